The zero-order valence-corrected chi connectivity index (χ0v) is 12.4. The van der Waals surface area contributed by atoms with E-state index in [2.05, 4.69) is 15.2 Å². The molecule has 1 atom stereocenters. The summed E-state index contributed by atoms with van der Waals surface area (Å²) in [6.07, 6.45) is 2.43. The van der Waals surface area contributed by atoms with Crippen molar-refractivity contribution in [2.45, 2.75) is 38.4 Å². The third kappa shape index (κ3) is 2.40. The monoisotopic (exact) mass is 288 g/mol. The van der Waals surface area contributed by atoms with Crippen molar-refractivity contribution in [1.82, 2.24) is 20.1 Å². The van der Waals surface area contributed by atoms with Crippen LogP contribution >= 0.6 is 0 Å². The quantitative estimate of drug-likeness (QED) is 0.842. The summed E-state index contributed by atoms with van der Waals surface area (Å²) in [4.78, 5) is 32.4. The molecule has 21 heavy (non-hydrogen) atoms. The number of imide groups is 1. The highest BCUT2D eigenvalue weighted by Gasteiger charge is 2.55. The maximum atomic E-state index is 12.6. The second-order valence-electron chi connectivity index (χ2n) is 6.06. The fourth-order valence-corrected chi connectivity index (χ4v) is 3.13. The van der Waals surface area contributed by atoms with Gasteiger partial charge in [-0.05, 0) is 32.4 Å². The molecule has 0 aromatic carbocycles. The Morgan fingerprint density at radius 2 is 2.19 bits per heavy atom. The molecule has 1 aromatic rings. The third-order valence-electron chi connectivity index (χ3n) is 4.17. The molecular formula is C15H20N4O2. The lowest BCUT2D eigenvalue weighted by molar-refractivity contribution is -0.132. The van der Waals surface area contributed by atoms with Crippen molar-refractivity contribution in [3.05, 3.63) is 30.1 Å². The van der Waals surface area contributed by atoms with Gasteiger partial charge in [-0.1, -0.05) is 6.07 Å². The number of hydrogen-bond donors (Lipinski definition) is 1. The van der Waals surface area contributed by atoms with Crippen LogP contribution in [0, 0.1) is 0 Å². The molecule has 2 fully saturated rings. The first-order valence-corrected chi connectivity index (χ1v) is 7.30. The predicted octanol–water partition coefficient (Wildman–Crippen LogP) is 0.986. The minimum Gasteiger partial charge on any atom is -0.322 e. The molecule has 6 heteroatoms. The van der Waals surface area contributed by atoms with Crippen molar-refractivity contribution < 1.29 is 9.59 Å². The van der Waals surface area contributed by atoms with E-state index in [-0.39, 0.29) is 18.0 Å². The lowest BCUT2D eigenvalue weighted by Crippen LogP contribution is -2.49. The molecule has 2 saturated heterocycles. The van der Waals surface area contributed by atoms with Crippen molar-refractivity contribution >= 4 is 11.9 Å². The summed E-state index contributed by atoms with van der Waals surface area (Å²) in [5.74, 6) is -0.0916. The SMILES string of the molecule is CC(C)N1C(=O)NC2(CCN(Cc3ccccn3)C2)C1=O. The van der Waals surface area contributed by atoms with Gasteiger partial charge in [0.1, 0.15) is 5.54 Å². The molecule has 1 aromatic heterocycles. The summed E-state index contributed by atoms with van der Waals surface area (Å²) in [5.41, 5.74) is 0.239. The molecule has 2 aliphatic rings. The summed E-state index contributed by atoms with van der Waals surface area (Å²) < 4.78 is 0. The topological polar surface area (TPSA) is 65.5 Å². The Labute approximate surface area is 124 Å². The van der Waals surface area contributed by atoms with E-state index >= 15 is 0 Å². The number of nitrogens with one attached hydrogen (secondary N) is 1. The van der Waals surface area contributed by atoms with E-state index in [0.717, 1.165) is 12.2 Å². The molecule has 6 nitrogen and oxygen atoms in total. The molecule has 1 unspecified atom stereocenters. The van der Waals surface area contributed by atoms with Gasteiger partial charge in [-0.15, -0.1) is 0 Å². The number of pyridine rings is 1. The summed E-state index contributed by atoms with van der Waals surface area (Å²) in [6.45, 7) is 5.76. The molecule has 0 saturated carbocycles. The van der Waals surface area contributed by atoms with Crippen LogP contribution in [0.5, 0.6) is 0 Å². The standard InChI is InChI=1S/C15H20N4O2/c1-11(2)19-13(20)15(17-14(19)21)6-8-18(10-15)9-12-5-3-4-7-16-12/h3-5,7,11H,6,8-10H2,1-2H3,(H,17,21). The largest absolute Gasteiger partial charge is 0.325 e. The summed E-state index contributed by atoms with van der Waals surface area (Å²) >= 11 is 0. The van der Waals surface area contributed by atoms with Crippen LogP contribution in [0.2, 0.25) is 0 Å². The normalized spacial score (nSPS) is 26.1. The van der Waals surface area contributed by atoms with Crippen LogP contribution in [0.3, 0.4) is 0 Å². The smallest absolute Gasteiger partial charge is 0.322 e. The number of likely N-dealkylation sites (tertiary alicyclic amines) is 1. The maximum absolute atomic E-state index is 12.6. The van der Waals surface area contributed by atoms with Gasteiger partial charge in [0.25, 0.3) is 5.91 Å². The van der Waals surface area contributed by atoms with Gasteiger partial charge in [0.05, 0.1) is 5.69 Å². The van der Waals surface area contributed by atoms with E-state index in [9.17, 15) is 9.59 Å². The van der Waals surface area contributed by atoms with Gasteiger partial charge in [0.15, 0.2) is 0 Å². The van der Waals surface area contributed by atoms with E-state index in [4.69, 9.17) is 0 Å². The number of urea groups is 1. The highest BCUT2D eigenvalue weighted by atomic mass is 16.2. The first kappa shape index (κ1) is 14.0. The number of carbonyl (C=O) groups is 2. The fourth-order valence-electron chi connectivity index (χ4n) is 3.13. The Morgan fingerprint density at radius 1 is 1.38 bits per heavy atom. The van der Waals surface area contributed by atoms with Crippen molar-refractivity contribution in [3.8, 4) is 0 Å². The molecule has 3 heterocycles. The zero-order valence-electron chi connectivity index (χ0n) is 12.4. The van der Waals surface area contributed by atoms with E-state index in [1.54, 1.807) is 6.20 Å². The molecule has 0 bridgehead atoms. The molecular weight excluding hydrogens is 268 g/mol. The van der Waals surface area contributed by atoms with Gasteiger partial charge >= 0.3 is 6.03 Å². The minimum absolute atomic E-state index is 0.0916. The van der Waals surface area contributed by atoms with Crippen molar-refractivity contribution in [1.29, 1.82) is 0 Å². The third-order valence-corrected chi connectivity index (χ3v) is 4.17. The lowest BCUT2D eigenvalue weighted by atomic mass is 9.98. The molecule has 3 amide bonds. The number of nitrogens with zero attached hydrogens (tertiary/aromatic N) is 3. The number of hydrogen-bond acceptors (Lipinski definition) is 4. The minimum atomic E-state index is -0.740. The Kier molecular flexibility index (Phi) is 3.41. The summed E-state index contributed by atoms with van der Waals surface area (Å²) in [6, 6.07) is 5.44. The van der Waals surface area contributed by atoms with Crippen LogP contribution in [0.25, 0.3) is 0 Å². The van der Waals surface area contributed by atoms with Gasteiger partial charge in [-0.2, -0.15) is 0 Å². The van der Waals surface area contributed by atoms with Gasteiger partial charge in [0.2, 0.25) is 0 Å². The second-order valence-corrected chi connectivity index (χ2v) is 6.06. The Hall–Kier alpha value is -1.95. The predicted molar refractivity (Wildman–Crippen MR) is 77.4 cm³/mol. The van der Waals surface area contributed by atoms with E-state index < -0.39 is 5.54 Å². The molecule has 3 rings (SSSR count). The van der Waals surface area contributed by atoms with Crippen LogP contribution in [0.15, 0.2) is 24.4 Å². The van der Waals surface area contributed by atoms with Crippen LogP contribution in [0.1, 0.15) is 26.0 Å². The van der Waals surface area contributed by atoms with Gasteiger partial charge in [0, 0.05) is 31.9 Å². The Morgan fingerprint density at radius 3 is 2.81 bits per heavy atom. The molecule has 112 valence electrons. The fraction of sp³-hybridized carbons (Fsp3) is 0.533. The Bertz CT molecular complexity index is 560. The molecule has 1 spiro atoms. The average Bonchev–Trinajstić information content (AvgIpc) is 2.93. The molecule has 1 N–H and O–H groups in total. The first-order chi connectivity index (χ1) is 10.0. The Balaban J connectivity index is 1.72. The number of carbonyl (C=O) groups excluding carboxylic acids is 2. The van der Waals surface area contributed by atoms with Crippen LogP contribution in [-0.2, 0) is 11.3 Å². The van der Waals surface area contributed by atoms with E-state index in [1.807, 2.05) is 32.0 Å². The lowest BCUT2D eigenvalue weighted by Gasteiger charge is -2.23. The van der Waals surface area contributed by atoms with Crippen LogP contribution < -0.4 is 5.32 Å². The van der Waals surface area contributed by atoms with Crippen LogP contribution in [-0.4, -0.2) is 51.4 Å². The second kappa shape index (κ2) is 5.11. The molecule has 2 aliphatic heterocycles. The first-order valence-electron chi connectivity index (χ1n) is 7.30. The summed E-state index contributed by atoms with van der Waals surface area (Å²) in [7, 11) is 0. The van der Waals surface area contributed by atoms with Crippen molar-refractivity contribution in [3.63, 3.8) is 0 Å². The molecule has 0 aliphatic carbocycles. The van der Waals surface area contributed by atoms with Crippen molar-refractivity contribution in [2.75, 3.05) is 13.1 Å². The average molecular weight is 288 g/mol. The van der Waals surface area contributed by atoms with Gasteiger partial charge in [-0.3, -0.25) is 19.6 Å². The number of aromatic nitrogens is 1. The highest BCUT2D eigenvalue weighted by Crippen LogP contribution is 2.30. The summed E-state index contributed by atoms with van der Waals surface area (Å²) in [5, 5.41) is 2.90. The number of amides is 3. The maximum Gasteiger partial charge on any atom is 0.325 e. The van der Waals surface area contributed by atoms with E-state index in [0.29, 0.717) is 19.5 Å². The number of rotatable bonds is 3. The van der Waals surface area contributed by atoms with Gasteiger partial charge in [-0.25, -0.2) is 4.79 Å². The zero-order chi connectivity index (χ0) is 15.0. The van der Waals surface area contributed by atoms with Crippen molar-refractivity contribution in [2.24, 2.45) is 0 Å². The van der Waals surface area contributed by atoms with Crippen LogP contribution in [0.4, 0.5) is 4.79 Å². The highest BCUT2D eigenvalue weighted by molar-refractivity contribution is 6.07. The van der Waals surface area contributed by atoms with Gasteiger partial charge < -0.3 is 5.32 Å². The van der Waals surface area contributed by atoms with E-state index in [1.165, 1.54) is 4.90 Å². The molecule has 0 radical (unpaired) electrons.